The van der Waals surface area contributed by atoms with Crippen LogP contribution >= 0.6 is 11.8 Å². The average molecular weight is 289 g/mol. The maximum atomic E-state index is 13.2. The summed E-state index contributed by atoms with van der Waals surface area (Å²) in [6, 6.07) is 11.7. The number of phenolic OH excluding ortho intramolecular Hbond substituents is 1. The van der Waals surface area contributed by atoms with Crippen molar-refractivity contribution in [2.75, 3.05) is 5.32 Å². The molecular weight excluding hydrogens is 277 g/mol. The number of hydrogen-bond acceptors (Lipinski definition) is 3. The first-order valence-electron chi connectivity index (χ1n) is 6.17. The largest absolute Gasteiger partial charge is 0.505 e. The minimum Gasteiger partial charge on any atom is -0.505 e. The molecule has 0 spiro atoms. The van der Waals surface area contributed by atoms with E-state index in [0.29, 0.717) is 12.1 Å². The molecule has 2 aromatic carbocycles. The molecule has 2 N–H and O–H groups in total. The molecule has 1 aliphatic heterocycles. The van der Waals surface area contributed by atoms with Crippen LogP contribution in [0.25, 0.3) is 0 Å². The third kappa shape index (κ3) is 2.49. The lowest BCUT2D eigenvalue weighted by atomic mass is 10.1. The monoisotopic (exact) mass is 289 g/mol. The number of amides is 1. The summed E-state index contributed by atoms with van der Waals surface area (Å²) in [7, 11) is 0. The molecule has 20 heavy (non-hydrogen) atoms. The Morgan fingerprint density at radius 1 is 1.30 bits per heavy atom. The molecule has 1 heterocycles. The van der Waals surface area contributed by atoms with Crippen molar-refractivity contribution >= 4 is 23.4 Å². The van der Waals surface area contributed by atoms with Gasteiger partial charge in [-0.25, -0.2) is 4.39 Å². The average Bonchev–Trinajstić information content (AvgIpc) is 2.87. The Bertz CT molecular complexity index is 650. The Morgan fingerprint density at radius 3 is 2.85 bits per heavy atom. The van der Waals surface area contributed by atoms with Crippen molar-refractivity contribution in [1.82, 2.24) is 0 Å². The van der Waals surface area contributed by atoms with Crippen molar-refractivity contribution in [3.8, 4) is 5.75 Å². The van der Waals surface area contributed by atoms with Crippen LogP contribution in [-0.2, 0) is 11.2 Å². The van der Waals surface area contributed by atoms with Gasteiger partial charge in [-0.05, 0) is 30.2 Å². The minimum absolute atomic E-state index is 0.156. The number of anilines is 1. The van der Waals surface area contributed by atoms with Crippen molar-refractivity contribution in [1.29, 1.82) is 0 Å². The zero-order valence-corrected chi connectivity index (χ0v) is 11.3. The highest BCUT2D eigenvalue weighted by Gasteiger charge is 2.28. The Labute approximate surface area is 119 Å². The standard InChI is InChI=1S/C15H12FNO2S/c16-11-8-10(5-6-12(11)18)17-15(19)14-7-9-3-1-2-4-13(9)20-14/h1-6,8,14,18H,7H2,(H,17,19). The summed E-state index contributed by atoms with van der Waals surface area (Å²) in [5.74, 6) is -1.33. The van der Waals surface area contributed by atoms with Crippen LogP contribution in [0.2, 0.25) is 0 Å². The summed E-state index contributed by atoms with van der Waals surface area (Å²) < 4.78 is 13.2. The van der Waals surface area contributed by atoms with Gasteiger partial charge in [0.25, 0.3) is 0 Å². The van der Waals surface area contributed by atoms with Gasteiger partial charge in [0.2, 0.25) is 5.91 Å². The predicted molar refractivity (Wildman–Crippen MR) is 76.5 cm³/mol. The molecule has 1 aliphatic rings. The second-order valence-corrected chi connectivity index (χ2v) is 5.82. The fraction of sp³-hybridized carbons (Fsp3) is 0.133. The van der Waals surface area contributed by atoms with E-state index in [4.69, 9.17) is 5.11 Å². The number of fused-ring (bicyclic) bond motifs is 1. The number of halogens is 1. The number of thioether (sulfide) groups is 1. The molecule has 0 saturated heterocycles. The second kappa shape index (κ2) is 5.17. The van der Waals surface area contributed by atoms with E-state index in [0.717, 1.165) is 16.5 Å². The second-order valence-electron chi connectivity index (χ2n) is 4.57. The summed E-state index contributed by atoms with van der Waals surface area (Å²) >= 11 is 1.52. The van der Waals surface area contributed by atoms with Gasteiger partial charge in [0.15, 0.2) is 11.6 Å². The topological polar surface area (TPSA) is 49.3 Å². The van der Waals surface area contributed by atoms with E-state index in [9.17, 15) is 9.18 Å². The van der Waals surface area contributed by atoms with Gasteiger partial charge in [0.05, 0.1) is 5.25 Å². The normalized spacial score (nSPS) is 16.8. The molecule has 0 radical (unpaired) electrons. The Kier molecular flexibility index (Phi) is 3.36. The molecule has 0 fully saturated rings. The number of aromatic hydroxyl groups is 1. The van der Waals surface area contributed by atoms with Crippen molar-refractivity contribution in [2.45, 2.75) is 16.6 Å². The van der Waals surface area contributed by atoms with E-state index in [-0.39, 0.29) is 11.2 Å². The zero-order valence-electron chi connectivity index (χ0n) is 10.5. The van der Waals surface area contributed by atoms with Crippen molar-refractivity contribution < 1.29 is 14.3 Å². The lowest BCUT2D eigenvalue weighted by molar-refractivity contribution is -0.115. The quantitative estimate of drug-likeness (QED) is 0.835. The van der Waals surface area contributed by atoms with Gasteiger partial charge in [-0.15, -0.1) is 11.8 Å². The molecule has 0 bridgehead atoms. The highest BCUT2D eigenvalue weighted by molar-refractivity contribution is 8.01. The number of carbonyl (C=O) groups is 1. The Hall–Kier alpha value is -2.01. The van der Waals surface area contributed by atoms with Gasteiger partial charge in [-0.1, -0.05) is 18.2 Å². The summed E-state index contributed by atoms with van der Waals surface area (Å²) in [4.78, 5) is 13.3. The van der Waals surface area contributed by atoms with Gasteiger partial charge in [-0.2, -0.15) is 0 Å². The molecule has 3 nitrogen and oxygen atoms in total. The molecule has 0 saturated carbocycles. The van der Waals surface area contributed by atoms with Gasteiger partial charge < -0.3 is 10.4 Å². The zero-order chi connectivity index (χ0) is 14.1. The Morgan fingerprint density at radius 2 is 2.10 bits per heavy atom. The van der Waals surface area contributed by atoms with E-state index in [1.165, 1.54) is 23.9 Å². The number of phenols is 1. The molecule has 1 amide bonds. The number of rotatable bonds is 2. The van der Waals surface area contributed by atoms with Crippen molar-refractivity contribution in [2.24, 2.45) is 0 Å². The highest BCUT2D eigenvalue weighted by Crippen LogP contribution is 2.37. The summed E-state index contributed by atoms with van der Waals surface area (Å²) in [5.41, 5.74) is 1.51. The van der Waals surface area contributed by atoms with E-state index in [2.05, 4.69) is 5.32 Å². The molecule has 0 aromatic heterocycles. The number of nitrogens with one attached hydrogen (secondary N) is 1. The van der Waals surface area contributed by atoms with Gasteiger partial charge in [-0.3, -0.25) is 4.79 Å². The SMILES string of the molecule is O=C(Nc1ccc(O)c(F)c1)C1Cc2ccccc2S1. The first-order chi connectivity index (χ1) is 9.63. The maximum Gasteiger partial charge on any atom is 0.238 e. The molecule has 0 aliphatic carbocycles. The van der Waals surface area contributed by atoms with Crippen LogP contribution in [0.1, 0.15) is 5.56 Å². The van der Waals surface area contributed by atoms with Crippen LogP contribution in [-0.4, -0.2) is 16.3 Å². The van der Waals surface area contributed by atoms with E-state index in [1.54, 1.807) is 0 Å². The number of hydrogen-bond donors (Lipinski definition) is 2. The summed E-state index contributed by atoms with van der Waals surface area (Å²) in [6.45, 7) is 0. The number of benzene rings is 2. The van der Waals surface area contributed by atoms with E-state index in [1.807, 2.05) is 24.3 Å². The van der Waals surface area contributed by atoms with Crippen molar-refractivity contribution in [3.05, 3.63) is 53.8 Å². The first-order valence-corrected chi connectivity index (χ1v) is 7.05. The van der Waals surface area contributed by atoms with Gasteiger partial charge in [0, 0.05) is 16.6 Å². The lowest BCUT2D eigenvalue weighted by Gasteiger charge is -2.10. The lowest BCUT2D eigenvalue weighted by Crippen LogP contribution is -2.24. The van der Waals surface area contributed by atoms with Crippen LogP contribution in [0.15, 0.2) is 47.4 Å². The molecular formula is C15H12FNO2S. The molecule has 5 heteroatoms. The van der Waals surface area contributed by atoms with Gasteiger partial charge >= 0.3 is 0 Å². The molecule has 102 valence electrons. The van der Waals surface area contributed by atoms with Crippen LogP contribution in [0.5, 0.6) is 5.75 Å². The molecule has 3 rings (SSSR count). The fourth-order valence-electron chi connectivity index (χ4n) is 2.14. The van der Waals surface area contributed by atoms with E-state index < -0.39 is 11.6 Å². The number of carbonyl (C=O) groups excluding carboxylic acids is 1. The van der Waals surface area contributed by atoms with Gasteiger partial charge in [0.1, 0.15) is 0 Å². The van der Waals surface area contributed by atoms with Crippen LogP contribution < -0.4 is 5.32 Å². The van der Waals surface area contributed by atoms with Crippen molar-refractivity contribution in [3.63, 3.8) is 0 Å². The van der Waals surface area contributed by atoms with Crippen LogP contribution in [0.3, 0.4) is 0 Å². The summed E-state index contributed by atoms with van der Waals surface area (Å²) in [6.07, 6.45) is 0.674. The fourth-order valence-corrected chi connectivity index (χ4v) is 3.33. The van der Waals surface area contributed by atoms with E-state index >= 15 is 0 Å². The third-order valence-corrected chi connectivity index (χ3v) is 4.47. The molecule has 1 atom stereocenters. The highest BCUT2D eigenvalue weighted by atomic mass is 32.2. The molecule has 2 aromatic rings. The van der Waals surface area contributed by atoms with Crippen LogP contribution in [0.4, 0.5) is 10.1 Å². The third-order valence-electron chi connectivity index (χ3n) is 3.15. The Balaban J connectivity index is 1.71. The van der Waals surface area contributed by atoms with Crippen LogP contribution in [0, 0.1) is 5.82 Å². The maximum absolute atomic E-state index is 13.2. The smallest absolute Gasteiger partial charge is 0.238 e. The first kappa shape index (κ1) is 13.0. The minimum atomic E-state index is -0.745. The molecule has 1 unspecified atom stereocenters. The predicted octanol–water partition coefficient (Wildman–Crippen LogP) is 3.19. The summed E-state index contributed by atoms with van der Waals surface area (Å²) in [5, 5.41) is 11.6.